The first kappa shape index (κ1) is 64.1. The summed E-state index contributed by atoms with van der Waals surface area (Å²) in [7, 11) is 0. The van der Waals surface area contributed by atoms with Gasteiger partial charge >= 0.3 is 17.9 Å². The van der Waals surface area contributed by atoms with Crippen molar-refractivity contribution in [2.24, 2.45) is 0 Å². The predicted octanol–water partition coefficient (Wildman–Crippen LogP) is 18.7. The lowest BCUT2D eigenvalue weighted by Crippen LogP contribution is -2.30. The van der Waals surface area contributed by atoms with Crippen molar-refractivity contribution < 1.29 is 28.6 Å². The zero-order chi connectivity index (χ0) is 49.3. The third-order valence-corrected chi connectivity index (χ3v) is 11.6. The second-order valence-corrected chi connectivity index (χ2v) is 18.1. The van der Waals surface area contributed by atoms with E-state index in [1.807, 2.05) is 0 Å². The molecular formula is C62H102O6. The number of ether oxygens (including phenoxy) is 3. The van der Waals surface area contributed by atoms with Gasteiger partial charge in [0.2, 0.25) is 0 Å². The fourth-order valence-corrected chi connectivity index (χ4v) is 7.40. The summed E-state index contributed by atoms with van der Waals surface area (Å²) in [5, 5.41) is 0. The normalized spacial score (nSPS) is 12.9. The first-order chi connectivity index (χ1) is 33.5. The molecule has 0 aliphatic carbocycles. The highest BCUT2D eigenvalue weighted by Gasteiger charge is 2.19. The van der Waals surface area contributed by atoms with Gasteiger partial charge in [0.1, 0.15) is 13.2 Å². The first-order valence-electron chi connectivity index (χ1n) is 27.9. The molecule has 0 aliphatic rings. The Balaban J connectivity index is 4.49. The SMILES string of the molecule is CC\C=C/C=C\C=C/CCCCCCCCCC(=O)OCC(COC(=O)CCCCC/C=C\C/C=C\C/C=C\C/C=C\C/C=C\CC)OC(=O)CCCCCCC/C=C\CCCCCCCCC. The van der Waals surface area contributed by atoms with Crippen LogP contribution in [-0.4, -0.2) is 37.2 Å². The van der Waals surface area contributed by atoms with Gasteiger partial charge in [0.05, 0.1) is 0 Å². The van der Waals surface area contributed by atoms with Crippen molar-refractivity contribution >= 4 is 17.9 Å². The van der Waals surface area contributed by atoms with E-state index in [-0.39, 0.29) is 31.1 Å². The summed E-state index contributed by atoms with van der Waals surface area (Å²) in [6.45, 7) is 6.35. The molecular weight excluding hydrogens is 841 g/mol. The Bertz CT molecular complexity index is 1410. The maximum atomic E-state index is 12.8. The van der Waals surface area contributed by atoms with Crippen molar-refractivity contribution in [3.63, 3.8) is 0 Å². The standard InChI is InChI=1S/C62H102O6/c1-4-7-10-13-16-19-22-25-28-30-31-32-35-37-40-43-46-49-52-55-61(64)67-58-59(57-66-60(63)54-51-48-45-42-39-36-33-27-24-21-18-15-12-9-6-3)68-62(65)56-53-50-47-44-41-38-34-29-26-23-20-17-14-11-8-5-2/h7,9-10,12,15-16,18-19,21,24-25,28-29,31-32,34,37,40,59H,4-6,8,11,13-14,17,20,22-23,26-27,30,33,35-36,38-39,41-58H2,1-3H3/b10-7-,12-9-,18-15-,19-16-,24-21-,28-25-,32-31-,34-29-,40-37-. The summed E-state index contributed by atoms with van der Waals surface area (Å²) in [5.41, 5.74) is 0. The maximum Gasteiger partial charge on any atom is 0.306 e. The average Bonchev–Trinajstić information content (AvgIpc) is 3.34. The van der Waals surface area contributed by atoms with E-state index in [0.29, 0.717) is 19.3 Å². The highest BCUT2D eigenvalue weighted by atomic mass is 16.6. The second kappa shape index (κ2) is 55.7. The highest BCUT2D eigenvalue weighted by molar-refractivity contribution is 5.71. The van der Waals surface area contributed by atoms with Gasteiger partial charge in [-0.15, -0.1) is 0 Å². The number of allylic oxidation sites excluding steroid dienone is 18. The van der Waals surface area contributed by atoms with Gasteiger partial charge in [-0.3, -0.25) is 14.4 Å². The van der Waals surface area contributed by atoms with Crippen molar-refractivity contribution in [3.05, 3.63) is 109 Å². The molecule has 0 aromatic rings. The molecule has 6 nitrogen and oxygen atoms in total. The first-order valence-corrected chi connectivity index (χ1v) is 27.9. The van der Waals surface area contributed by atoms with Gasteiger partial charge in [0, 0.05) is 19.3 Å². The van der Waals surface area contributed by atoms with Crippen LogP contribution in [0.15, 0.2) is 109 Å². The lowest BCUT2D eigenvalue weighted by atomic mass is 10.1. The number of carbonyl (C=O) groups is 3. The van der Waals surface area contributed by atoms with E-state index in [1.54, 1.807) is 0 Å². The molecule has 0 saturated heterocycles. The van der Waals surface area contributed by atoms with Gasteiger partial charge < -0.3 is 14.2 Å². The molecule has 0 aromatic carbocycles. The predicted molar refractivity (Wildman–Crippen MR) is 293 cm³/mol. The van der Waals surface area contributed by atoms with Gasteiger partial charge in [-0.1, -0.05) is 226 Å². The Morgan fingerprint density at radius 2 is 0.647 bits per heavy atom. The molecule has 0 aromatic heterocycles. The Morgan fingerprint density at radius 1 is 0.324 bits per heavy atom. The topological polar surface area (TPSA) is 78.9 Å². The van der Waals surface area contributed by atoms with Crippen LogP contribution in [0.2, 0.25) is 0 Å². The molecule has 0 radical (unpaired) electrons. The third-order valence-electron chi connectivity index (χ3n) is 11.6. The zero-order valence-corrected chi connectivity index (χ0v) is 44.1. The summed E-state index contributed by atoms with van der Waals surface area (Å²) in [6, 6.07) is 0. The van der Waals surface area contributed by atoms with Crippen LogP contribution in [0.25, 0.3) is 0 Å². The van der Waals surface area contributed by atoms with Crippen molar-refractivity contribution in [2.75, 3.05) is 13.2 Å². The van der Waals surface area contributed by atoms with E-state index in [4.69, 9.17) is 14.2 Å². The number of hydrogen-bond donors (Lipinski definition) is 0. The minimum Gasteiger partial charge on any atom is -0.462 e. The largest absolute Gasteiger partial charge is 0.462 e. The fourth-order valence-electron chi connectivity index (χ4n) is 7.40. The van der Waals surface area contributed by atoms with Crippen LogP contribution in [0.4, 0.5) is 0 Å². The summed E-state index contributed by atoms with van der Waals surface area (Å²) >= 11 is 0. The van der Waals surface area contributed by atoms with E-state index in [1.165, 1.54) is 83.5 Å². The quantitative estimate of drug-likeness (QED) is 0.0199. The van der Waals surface area contributed by atoms with Gasteiger partial charge in [0.15, 0.2) is 6.10 Å². The number of rotatable bonds is 49. The fraction of sp³-hybridized carbons (Fsp3) is 0.661. The smallest absolute Gasteiger partial charge is 0.306 e. The third kappa shape index (κ3) is 53.0. The Hall–Kier alpha value is -3.93. The van der Waals surface area contributed by atoms with Crippen molar-refractivity contribution in [2.45, 2.75) is 252 Å². The molecule has 68 heavy (non-hydrogen) atoms. The van der Waals surface area contributed by atoms with Crippen molar-refractivity contribution in [1.29, 1.82) is 0 Å². The molecule has 386 valence electrons. The van der Waals surface area contributed by atoms with Crippen LogP contribution in [0.3, 0.4) is 0 Å². The monoisotopic (exact) mass is 943 g/mol. The molecule has 1 atom stereocenters. The molecule has 0 N–H and O–H groups in total. The lowest BCUT2D eigenvalue weighted by Gasteiger charge is -2.18. The van der Waals surface area contributed by atoms with Gasteiger partial charge in [-0.25, -0.2) is 0 Å². The number of unbranched alkanes of at least 4 members (excludes halogenated alkanes) is 22. The van der Waals surface area contributed by atoms with Crippen LogP contribution >= 0.6 is 0 Å². The van der Waals surface area contributed by atoms with Crippen LogP contribution < -0.4 is 0 Å². The molecule has 0 bridgehead atoms. The highest BCUT2D eigenvalue weighted by Crippen LogP contribution is 2.14. The van der Waals surface area contributed by atoms with E-state index in [9.17, 15) is 14.4 Å². The Morgan fingerprint density at radius 3 is 1.09 bits per heavy atom. The number of hydrogen-bond acceptors (Lipinski definition) is 6. The molecule has 0 spiro atoms. The molecule has 0 fully saturated rings. The zero-order valence-electron chi connectivity index (χ0n) is 44.1. The minimum absolute atomic E-state index is 0.0999. The maximum absolute atomic E-state index is 12.8. The molecule has 0 rings (SSSR count). The van der Waals surface area contributed by atoms with Crippen molar-refractivity contribution in [3.8, 4) is 0 Å². The summed E-state index contributed by atoms with van der Waals surface area (Å²) in [4.78, 5) is 38.1. The Labute approximate surface area is 419 Å². The molecule has 6 heteroatoms. The number of carbonyl (C=O) groups excluding carboxylic acids is 3. The summed E-state index contributed by atoms with van der Waals surface area (Å²) in [5.74, 6) is -0.953. The van der Waals surface area contributed by atoms with E-state index in [2.05, 4.69) is 130 Å². The molecule has 0 heterocycles. The lowest BCUT2D eigenvalue weighted by molar-refractivity contribution is -0.167. The number of esters is 3. The second-order valence-electron chi connectivity index (χ2n) is 18.1. The van der Waals surface area contributed by atoms with Crippen molar-refractivity contribution in [1.82, 2.24) is 0 Å². The van der Waals surface area contributed by atoms with Crippen LogP contribution in [0, 0.1) is 0 Å². The average molecular weight is 943 g/mol. The van der Waals surface area contributed by atoms with E-state index >= 15 is 0 Å². The van der Waals surface area contributed by atoms with Crippen LogP contribution in [0.1, 0.15) is 245 Å². The summed E-state index contributed by atoms with van der Waals surface area (Å²) < 4.78 is 16.8. The molecule has 1 unspecified atom stereocenters. The summed E-state index contributed by atoms with van der Waals surface area (Å²) in [6.07, 6.45) is 75.0. The molecule has 0 saturated carbocycles. The van der Waals surface area contributed by atoms with Gasteiger partial charge in [-0.05, 0) is 109 Å². The van der Waals surface area contributed by atoms with Gasteiger partial charge in [-0.2, -0.15) is 0 Å². The minimum atomic E-state index is -0.803. The van der Waals surface area contributed by atoms with E-state index in [0.717, 1.165) is 122 Å². The van der Waals surface area contributed by atoms with Gasteiger partial charge in [0.25, 0.3) is 0 Å². The Kier molecular flexibility index (Phi) is 52.4. The van der Waals surface area contributed by atoms with E-state index < -0.39 is 6.10 Å². The molecule has 0 aliphatic heterocycles. The van der Waals surface area contributed by atoms with Crippen LogP contribution in [-0.2, 0) is 28.6 Å². The molecule has 0 amide bonds. The van der Waals surface area contributed by atoms with Crippen LogP contribution in [0.5, 0.6) is 0 Å².